The first-order valence-electron chi connectivity index (χ1n) is 8.51. The van der Waals surface area contributed by atoms with Crippen LogP contribution in [0.3, 0.4) is 0 Å². The van der Waals surface area contributed by atoms with Crippen molar-refractivity contribution in [3.63, 3.8) is 0 Å². The van der Waals surface area contributed by atoms with Gasteiger partial charge >= 0.3 is 0 Å². The van der Waals surface area contributed by atoms with Gasteiger partial charge in [0.1, 0.15) is 0 Å². The second-order valence-corrected chi connectivity index (χ2v) is 8.43. The third-order valence-corrected chi connectivity index (χ3v) is 5.92. The van der Waals surface area contributed by atoms with E-state index in [4.69, 9.17) is 0 Å². The number of aryl methyl sites for hydroxylation is 1. The standard InChI is InChI=1S/C19H21N3O4S/c1-12-7-4-5-8-13(12)15-11-16(15)17(23)21-27(25,26)18-14(9-6-10-20-18)19(24)22(2)3/h4-10,15-16H,11H2,1-3H3,(H,21,23)/t15-,16+/m0/s1. The lowest BCUT2D eigenvalue weighted by molar-refractivity contribution is -0.120. The van der Waals surface area contributed by atoms with Crippen molar-refractivity contribution in [1.82, 2.24) is 14.6 Å². The van der Waals surface area contributed by atoms with Crippen LogP contribution >= 0.6 is 0 Å². The van der Waals surface area contributed by atoms with Crippen molar-refractivity contribution in [2.75, 3.05) is 14.1 Å². The lowest BCUT2D eigenvalue weighted by Gasteiger charge is -2.14. The Labute approximate surface area is 158 Å². The van der Waals surface area contributed by atoms with Crippen LogP contribution in [0.4, 0.5) is 0 Å². The molecule has 27 heavy (non-hydrogen) atoms. The molecule has 142 valence electrons. The van der Waals surface area contributed by atoms with Crippen molar-refractivity contribution in [3.05, 3.63) is 59.3 Å². The molecule has 2 atom stereocenters. The molecule has 1 heterocycles. The zero-order valence-corrected chi connectivity index (χ0v) is 16.2. The topological polar surface area (TPSA) is 96.4 Å². The lowest BCUT2D eigenvalue weighted by Crippen LogP contribution is -2.34. The third kappa shape index (κ3) is 3.85. The highest BCUT2D eigenvalue weighted by Gasteiger charge is 2.46. The van der Waals surface area contributed by atoms with Crippen LogP contribution in [-0.4, -0.2) is 44.2 Å². The monoisotopic (exact) mass is 387 g/mol. The highest BCUT2D eigenvalue weighted by atomic mass is 32.2. The molecular weight excluding hydrogens is 366 g/mol. The van der Waals surface area contributed by atoms with Crippen molar-refractivity contribution in [1.29, 1.82) is 0 Å². The number of carbonyl (C=O) groups is 2. The Hall–Kier alpha value is -2.74. The summed E-state index contributed by atoms with van der Waals surface area (Å²) < 4.78 is 27.4. The van der Waals surface area contributed by atoms with Crippen LogP contribution in [0.15, 0.2) is 47.6 Å². The summed E-state index contributed by atoms with van der Waals surface area (Å²) >= 11 is 0. The van der Waals surface area contributed by atoms with Gasteiger partial charge in [0.25, 0.3) is 15.9 Å². The second-order valence-electron chi connectivity index (χ2n) is 6.83. The molecule has 1 saturated carbocycles. The molecule has 1 aliphatic carbocycles. The highest BCUT2D eigenvalue weighted by molar-refractivity contribution is 7.90. The molecule has 0 aliphatic heterocycles. The van der Waals surface area contributed by atoms with E-state index < -0.39 is 32.8 Å². The number of rotatable bonds is 5. The van der Waals surface area contributed by atoms with Gasteiger partial charge in [0, 0.05) is 26.2 Å². The summed E-state index contributed by atoms with van der Waals surface area (Å²) in [4.78, 5) is 29.8. The van der Waals surface area contributed by atoms with E-state index in [9.17, 15) is 18.0 Å². The van der Waals surface area contributed by atoms with Gasteiger partial charge in [-0.3, -0.25) is 9.59 Å². The number of hydrogen-bond acceptors (Lipinski definition) is 5. The Balaban J connectivity index is 1.80. The number of sulfonamides is 1. The molecule has 1 fully saturated rings. The second kappa shape index (κ2) is 7.11. The smallest absolute Gasteiger partial charge is 0.282 e. The van der Waals surface area contributed by atoms with Crippen LogP contribution in [0, 0.1) is 12.8 Å². The Kier molecular flexibility index (Phi) is 5.01. The zero-order chi connectivity index (χ0) is 19.8. The van der Waals surface area contributed by atoms with Crippen molar-refractivity contribution in [2.24, 2.45) is 5.92 Å². The number of aromatic nitrogens is 1. The van der Waals surface area contributed by atoms with Crippen molar-refractivity contribution >= 4 is 21.8 Å². The summed E-state index contributed by atoms with van der Waals surface area (Å²) in [6.45, 7) is 1.96. The van der Waals surface area contributed by atoms with Gasteiger partial charge in [0.2, 0.25) is 5.91 Å². The predicted molar refractivity (Wildman–Crippen MR) is 99.6 cm³/mol. The fourth-order valence-electron chi connectivity index (χ4n) is 3.10. The molecule has 0 spiro atoms. The van der Waals surface area contributed by atoms with Gasteiger partial charge in [0.05, 0.1) is 5.56 Å². The third-order valence-electron chi connectivity index (χ3n) is 4.61. The van der Waals surface area contributed by atoms with Crippen molar-refractivity contribution in [3.8, 4) is 0 Å². The minimum absolute atomic E-state index is 0.00742. The van der Waals surface area contributed by atoms with Crippen LogP contribution in [0.2, 0.25) is 0 Å². The average Bonchev–Trinajstić information content (AvgIpc) is 3.42. The molecular formula is C19H21N3O4S. The predicted octanol–water partition coefficient (Wildman–Crippen LogP) is 1.70. The Morgan fingerprint density at radius 1 is 1.15 bits per heavy atom. The van der Waals surface area contributed by atoms with Crippen LogP contribution < -0.4 is 4.72 Å². The number of pyridine rings is 1. The summed E-state index contributed by atoms with van der Waals surface area (Å²) in [6.07, 6.45) is 1.87. The van der Waals surface area contributed by atoms with Gasteiger partial charge in [-0.2, -0.15) is 8.42 Å². The van der Waals surface area contributed by atoms with Crippen LogP contribution in [0.5, 0.6) is 0 Å². The first-order chi connectivity index (χ1) is 12.7. The average molecular weight is 387 g/mol. The molecule has 3 rings (SSSR count). The van der Waals surface area contributed by atoms with E-state index in [2.05, 4.69) is 9.71 Å². The highest BCUT2D eigenvalue weighted by Crippen LogP contribution is 2.48. The van der Waals surface area contributed by atoms with Gasteiger partial charge in [-0.05, 0) is 42.5 Å². The van der Waals surface area contributed by atoms with E-state index in [0.717, 1.165) is 11.1 Å². The Morgan fingerprint density at radius 2 is 1.85 bits per heavy atom. The fraction of sp³-hybridized carbons (Fsp3) is 0.316. The molecule has 7 nitrogen and oxygen atoms in total. The molecule has 0 radical (unpaired) electrons. The first-order valence-corrected chi connectivity index (χ1v) is 9.99. The van der Waals surface area contributed by atoms with Crippen LogP contribution in [0.1, 0.15) is 33.8 Å². The van der Waals surface area contributed by atoms with Gasteiger partial charge in [0.15, 0.2) is 5.03 Å². The minimum Gasteiger partial charge on any atom is -0.345 e. The molecule has 8 heteroatoms. The molecule has 1 aliphatic rings. The maximum absolute atomic E-state index is 12.7. The SMILES string of the molecule is Cc1ccccc1[C@@H]1C[C@H]1C(=O)NS(=O)(=O)c1ncccc1C(=O)N(C)C. The summed E-state index contributed by atoms with van der Waals surface area (Å²) in [7, 11) is -1.22. The van der Waals surface area contributed by atoms with Crippen LogP contribution in [-0.2, 0) is 14.8 Å². The maximum atomic E-state index is 12.7. The van der Waals surface area contributed by atoms with E-state index in [-0.39, 0.29) is 11.5 Å². The molecule has 0 bridgehead atoms. The van der Waals surface area contributed by atoms with Gasteiger partial charge in [-0.1, -0.05) is 24.3 Å². The van der Waals surface area contributed by atoms with E-state index in [1.165, 1.54) is 37.3 Å². The number of carbonyl (C=O) groups excluding carboxylic acids is 2. The van der Waals surface area contributed by atoms with E-state index >= 15 is 0 Å². The van der Waals surface area contributed by atoms with Crippen molar-refractivity contribution < 1.29 is 18.0 Å². The molecule has 0 saturated heterocycles. The van der Waals surface area contributed by atoms with Gasteiger partial charge in [-0.25, -0.2) is 9.71 Å². The quantitative estimate of drug-likeness (QED) is 0.842. The minimum atomic E-state index is -4.25. The summed E-state index contributed by atoms with van der Waals surface area (Å²) in [5.74, 6) is -1.47. The van der Waals surface area contributed by atoms with Crippen molar-refractivity contribution in [2.45, 2.75) is 24.3 Å². The summed E-state index contributed by atoms with van der Waals surface area (Å²) in [5, 5.41) is -0.440. The van der Waals surface area contributed by atoms with E-state index in [1.807, 2.05) is 31.2 Å². The van der Waals surface area contributed by atoms with Gasteiger partial charge < -0.3 is 4.90 Å². The molecule has 2 aromatic rings. The lowest BCUT2D eigenvalue weighted by atomic mass is 10.0. The van der Waals surface area contributed by atoms with E-state index in [1.54, 1.807) is 0 Å². The summed E-state index contributed by atoms with van der Waals surface area (Å²) in [5.41, 5.74) is 2.05. The Bertz CT molecular complexity index is 1000. The molecule has 1 aromatic heterocycles. The molecule has 0 unspecified atom stereocenters. The molecule has 1 aromatic carbocycles. The fourth-order valence-corrected chi connectivity index (χ4v) is 4.25. The number of nitrogens with zero attached hydrogens (tertiary/aromatic N) is 2. The Morgan fingerprint density at radius 3 is 2.52 bits per heavy atom. The zero-order valence-electron chi connectivity index (χ0n) is 15.3. The maximum Gasteiger partial charge on any atom is 0.282 e. The molecule has 2 amide bonds. The number of nitrogens with one attached hydrogen (secondary N) is 1. The van der Waals surface area contributed by atoms with Gasteiger partial charge in [-0.15, -0.1) is 0 Å². The normalized spacial score (nSPS) is 18.6. The largest absolute Gasteiger partial charge is 0.345 e. The van der Waals surface area contributed by atoms with E-state index in [0.29, 0.717) is 6.42 Å². The summed E-state index contributed by atoms with van der Waals surface area (Å²) in [6, 6.07) is 10.6. The first kappa shape index (κ1) is 19.0. The number of amides is 2. The number of hydrogen-bond donors (Lipinski definition) is 1. The number of benzene rings is 1. The van der Waals surface area contributed by atoms with Crippen LogP contribution in [0.25, 0.3) is 0 Å². The molecule has 1 N–H and O–H groups in total.